The fourth-order valence-corrected chi connectivity index (χ4v) is 3.45. The number of hydrogen-bond acceptors (Lipinski definition) is 4. The van der Waals surface area contributed by atoms with Gasteiger partial charge >= 0.3 is 0 Å². The second-order valence-corrected chi connectivity index (χ2v) is 6.20. The summed E-state index contributed by atoms with van der Waals surface area (Å²) < 4.78 is 0. The Labute approximate surface area is 126 Å². The molecule has 0 saturated carbocycles. The maximum absolute atomic E-state index is 12.2. The number of benzene rings is 1. The highest BCUT2D eigenvalue weighted by atomic mass is 16.2. The largest absolute Gasteiger partial charge is 0.397 e. The molecule has 21 heavy (non-hydrogen) atoms. The molecule has 2 saturated heterocycles. The van der Waals surface area contributed by atoms with E-state index in [0.29, 0.717) is 30.0 Å². The van der Waals surface area contributed by atoms with Crippen molar-refractivity contribution in [2.45, 2.75) is 31.8 Å². The third-order valence-corrected chi connectivity index (χ3v) is 4.65. The molecule has 2 unspecified atom stereocenters. The topological polar surface area (TPSA) is 61.6 Å². The number of nitrogens with zero attached hydrogens (tertiary/aromatic N) is 2. The zero-order valence-corrected chi connectivity index (χ0v) is 12.6. The summed E-state index contributed by atoms with van der Waals surface area (Å²) in [5.74, 6) is 0.0196. The quantitative estimate of drug-likeness (QED) is 0.825. The van der Waals surface area contributed by atoms with Gasteiger partial charge in [0.05, 0.1) is 17.9 Å². The van der Waals surface area contributed by atoms with Gasteiger partial charge in [-0.15, -0.1) is 0 Å². The number of carbonyl (C=O) groups excluding carboxylic acids is 1. The maximum atomic E-state index is 12.2. The van der Waals surface area contributed by atoms with Crippen LogP contribution in [0.1, 0.15) is 19.8 Å². The number of anilines is 2. The summed E-state index contributed by atoms with van der Waals surface area (Å²) in [6.07, 6.45) is 2.55. The van der Waals surface area contributed by atoms with Crippen LogP contribution in [0.15, 0.2) is 24.3 Å². The number of fused-ring (bicyclic) bond motifs is 1. The Morgan fingerprint density at radius 1 is 1.38 bits per heavy atom. The maximum Gasteiger partial charge on any atom is 0.238 e. The van der Waals surface area contributed by atoms with Crippen molar-refractivity contribution in [3.8, 4) is 0 Å². The smallest absolute Gasteiger partial charge is 0.238 e. The summed E-state index contributed by atoms with van der Waals surface area (Å²) in [7, 11) is 0. The van der Waals surface area contributed by atoms with E-state index >= 15 is 0 Å². The van der Waals surface area contributed by atoms with E-state index in [0.717, 1.165) is 13.1 Å². The van der Waals surface area contributed by atoms with Crippen molar-refractivity contribution >= 4 is 17.3 Å². The standard InChI is InChI=1S/C16H24N4O/c1-12-9-19-8-4-5-13(19)10-20(12)11-16(21)18-15-7-3-2-6-14(15)17/h2-3,6-7,12-13H,4-5,8-11,17H2,1H3,(H,18,21). The van der Waals surface area contributed by atoms with E-state index in [2.05, 4.69) is 22.0 Å². The van der Waals surface area contributed by atoms with Crippen molar-refractivity contribution in [1.29, 1.82) is 0 Å². The summed E-state index contributed by atoms with van der Waals surface area (Å²) in [6.45, 7) is 5.94. The lowest BCUT2D eigenvalue weighted by Crippen LogP contribution is -2.56. The Morgan fingerprint density at radius 2 is 2.19 bits per heavy atom. The molecule has 1 aromatic carbocycles. The number of nitrogen functional groups attached to an aromatic ring is 1. The van der Waals surface area contributed by atoms with Gasteiger partial charge in [0, 0.05) is 25.2 Å². The van der Waals surface area contributed by atoms with Gasteiger partial charge in [0.2, 0.25) is 5.91 Å². The summed E-state index contributed by atoms with van der Waals surface area (Å²) in [5.41, 5.74) is 7.18. The zero-order valence-electron chi connectivity index (χ0n) is 12.6. The van der Waals surface area contributed by atoms with Gasteiger partial charge in [-0.3, -0.25) is 14.6 Å². The van der Waals surface area contributed by atoms with Crippen LogP contribution in [0.3, 0.4) is 0 Å². The third-order valence-electron chi connectivity index (χ3n) is 4.65. The molecular formula is C16H24N4O. The Balaban J connectivity index is 1.58. The molecule has 2 aliphatic rings. The third kappa shape index (κ3) is 3.19. The summed E-state index contributed by atoms with van der Waals surface area (Å²) in [6, 6.07) is 8.45. The molecule has 2 aliphatic heterocycles. The van der Waals surface area contributed by atoms with Crippen molar-refractivity contribution in [1.82, 2.24) is 9.80 Å². The van der Waals surface area contributed by atoms with Gasteiger partial charge in [-0.05, 0) is 38.4 Å². The predicted molar refractivity (Wildman–Crippen MR) is 85.1 cm³/mol. The van der Waals surface area contributed by atoms with Gasteiger partial charge in [-0.1, -0.05) is 12.1 Å². The molecule has 114 valence electrons. The van der Waals surface area contributed by atoms with Crippen molar-refractivity contribution in [2.24, 2.45) is 0 Å². The molecular weight excluding hydrogens is 264 g/mol. The van der Waals surface area contributed by atoms with Crippen LogP contribution in [0.5, 0.6) is 0 Å². The number of carbonyl (C=O) groups is 1. The van der Waals surface area contributed by atoms with Crippen molar-refractivity contribution in [3.63, 3.8) is 0 Å². The molecule has 5 nitrogen and oxygen atoms in total. The summed E-state index contributed by atoms with van der Waals surface area (Å²) >= 11 is 0. The molecule has 0 aromatic heterocycles. The van der Waals surface area contributed by atoms with Crippen molar-refractivity contribution in [2.75, 3.05) is 37.2 Å². The Morgan fingerprint density at radius 3 is 3.00 bits per heavy atom. The van der Waals surface area contributed by atoms with Crippen LogP contribution >= 0.6 is 0 Å². The summed E-state index contributed by atoms with van der Waals surface area (Å²) in [5, 5.41) is 2.92. The second kappa shape index (κ2) is 6.03. The minimum absolute atomic E-state index is 0.0196. The number of amides is 1. The number of hydrogen-bond donors (Lipinski definition) is 2. The lowest BCUT2D eigenvalue weighted by molar-refractivity contribution is -0.118. The Hall–Kier alpha value is -1.59. The Bertz CT molecular complexity index is 519. The molecule has 0 spiro atoms. The van der Waals surface area contributed by atoms with Gasteiger partial charge in [0.25, 0.3) is 0 Å². The van der Waals surface area contributed by atoms with Crippen LogP contribution in [0, 0.1) is 0 Å². The van der Waals surface area contributed by atoms with Gasteiger partial charge < -0.3 is 11.1 Å². The van der Waals surface area contributed by atoms with Gasteiger partial charge in [-0.2, -0.15) is 0 Å². The fourth-order valence-electron chi connectivity index (χ4n) is 3.45. The molecule has 1 amide bonds. The SMILES string of the molecule is CC1CN2CCCC2CN1CC(=O)Nc1ccccc1N. The molecule has 0 aliphatic carbocycles. The molecule has 5 heteroatoms. The molecule has 0 bridgehead atoms. The van der Waals surface area contributed by atoms with Crippen LogP contribution in [0.25, 0.3) is 0 Å². The predicted octanol–water partition coefficient (Wildman–Crippen LogP) is 1.38. The minimum Gasteiger partial charge on any atom is -0.397 e. The van der Waals surface area contributed by atoms with E-state index in [4.69, 9.17) is 5.73 Å². The first-order valence-electron chi connectivity index (χ1n) is 7.76. The van der Waals surface area contributed by atoms with Crippen molar-refractivity contribution in [3.05, 3.63) is 24.3 Å². The van der Waals surface area contributed by atoms with E-state index in [9.17, 15) is 4.79 Å². The normalized spacial score (nSPS) is 26.5. The van der Waals surface area contributed by atoms with Crippen molar-refractivity contribution < 1.29 is 4.79 Å². The fraction of sp³-hybridized carbons (Fsp3) is 0.562. The first-order valence-corrected chi connectivity index (χ1v) is 7.76. The van der Waals surface area contributed by atoms with Gasteiger partial charge in [0.15, 0.2) is 0 Å². The average molecular weight is 288 g/mol. The molecule has 0 radical (unpaired) electrons. The first-order chi connectivity index (χ1) is 10.1. The van der Waals surface area contributed by atoms with Gasteiger partial charge in [-0.25, -0.2) is 0 Å². The highest BCUT2D eigenvalue weighted by Gasteiger charge is 2.34. The van der Waals surface area contributed by atoms with Gasteiger partial charge in [0.1, 0.15) is 0 Å². The highest BCUT2D eigenvalue weighted by molar-refractivity contribution is 5.95. The van der Waals surface area contributed by atoms with Crippen LogP contribution < -0.4 is 11.1 Å². The van der Waals surface area contributed by atoms with Crippen LogP contribution in [-0.4, -0.2) is 54.0 Å². The number of nitrogens with one attached hydrogen (secondary N) is 1. The summed E-state index contributed by atoms with van der Waals surface area (Å²) in [4.78, 5) is 17.1. The number of rotatable bonds is 3. The molecule has 2 atom stereocenters. The van der Waals surface area contributed by atoms with Crippen LogP contribution in [-0.2, 0) is 4.79 Å². The Kier molecular flexibility index (Phi) is 4.12. The molecule has 3 N–H and O–H groups in total. The lowest BCUT2D eigenvalue weighted by atomic mass is 10.1. The highest BCUT2D eigenvalue weighted by Crippen LogP contribution is 2.24. The van der Waals surface area contributed by atoms with Crippen LogP contribution in [0.2, 0.25) is 0 Å². The van der Waals surface area contributed by atoms with E-state index < -0.39 is 0 Å². The van der Waals surface area contributed by atoms with Crippen LogP contribution in [0.4, 0.5) is 11.4 Å². The van der Waals surface area contributed by atoms with E-state index in [1.165, 1.54) is 19.4 Å². The first kappa shape index (κ1) is 14.4. The zero-order chi connectivity index (χ0) is 14.8. The molecule has 3 rings (SSSR count). The van der Waals surface area contributed by atoms with E-state index in [-0.39, 0.29) is 5.91 Å². The number of nitrogens with two attached hydrogens (primary N) is 1. The molecule has 2 heterocycles. The average Bonchev–Trinajstić information content (AvgIpc) is 2.89. The number of para-hydroxylation sites is 2. The minimum atomic E-state index is 0.0196. The van der Waals surface area contributed by atoms with E-state index in [1.807, 2.05) is 18.2 Å². The molecule has 2 fully saturated rings. The lowest BCUT2D eigenvalue weighted by Gasteiger charge is -2.41. The second-order valence-electron chi connectivity index (χ2n) is 6.20. The van der Waals surface area contributed by atoms with E-state index in [1.54, 1.807) is 6.07 Å². The molecule has 1 aromatic rings. The number of piperazine rings is 1. The monoisotopic (exact) mass is 288 g/mol.